The van der Waals surface area contributed by atoms with Gasteiger partial charge in [-0.25, -0.2) is 4.39 Å². The number of nitrogens with two attached hydrogens (primary N) is 1. The molecular weight excluding hydrogens is 491 g/mol. The third kappa shape index (κ3) is 8.04. The number of nitrogens with one attached hydrogen (secondary N) is 2. The topological polar surface area (TPSA) is 127 Å². The van der Waals surface area contributed by atoms with Crippen molar-refractivity contribution in [3.63, 3.8) is 0 Å². The molecule has 0 aliphatic carbocycles. The van der Waals surface area contributed by atoms with Crippen LogP contribution in [-0.4, -0.2) is 60.7 Å². The Morgan fingerprint density at radius 1 is 1.25 bits per heavy atom. The molecule has 0 saturated carbocycles. The van der Waals surface area contributed by atoms with E-state index in [0.29, 0.717) is 19.4 Å². The van der Waals surface area contributed by atoms with E-state index >= 15 is 0 Å². The lowest BCUT2D eigenvalue weighted by Gasteiger charge is -2.38. The van der Waals surface area contributed by atoms with Gasteiger partial charge in [0.25, 0.3) is 11.5 Å². The number of unbranched alkanes of at least 4 members (excludes halogenated alkanes) is 2. The molecule has 2 aromatic rings. The van der Waals surface area contributed by atoms with Gasteiger partial charge in [-0.15, -0.1) is 0 Å². The molecule has 0 bridgehead atoms. The maximum atomic E-state index is 12.9. The number of rotatable bonds is 11. The van der Waals surface area contributed by atoms with Crippen LogP contribution >= 0.6 is 11.6 Å². The van der Waals surface area contributed by atoms with Crippen molar-refractivity contribution in [2.24, 2.45) is 0 Å². The average molecular weight is 523 g/mol. The van der Waals surface area contributed by atoms with Gasteiger partial charge in [-0.3, -0.25) is 14.4 Å². The molecule has 1 saturated heterocycles. The Labute approximate surface area is 214 Å². The fourth-order valence-electron chi connectivity index (χ4n) is 4.12. The number of anilines is 1. The van der Waals surface area contributed by atoms with Crippen LogP contribution in [0.15, 0.2) is 35.1 Å². The molecule has 1 fully saturated rings. The number of nitrogen functional groups attached to an aromatic ring is 1. The van der Waals surface area contributed by atoms with E-state index in [0.717, 1.165) is 37.9 Å². The number of halogens is 2. The Kier molecular flexibility index (Phi) is 10.3. The highest BCUT2D eigenvalue weighted by molar-refractivity contribution is 6.33. The van der Waals surface area contributed by atoms with Gasteiger partial charge < -0.3 is 30.4 Å². The number of nitrogens with zero attached hydrogens (tertiary/aromatic N) is 1. The number of hydrogen-bond acceptors (Lipinski definition) is 7. The molecule has 36 heavy (non-hydrogen) atoms. The van der Waals surface area contributed by atoms with Crippen molar-refractivity contribution in [3.8, 4) is 0 Å². The Bertz CT molecular complexity index is 1090. The number of pyridine rings is 1. The normalized spacial score (nSPS) is 18.1. The number of carbonyl (C=O) groups is 2. The Balaban J connectivity index is 1.35. The zero-order chi connectivity index (χ0) is 26.1. The molecular formula is C25H32ClFN4O5. The minimum atomic E-state index is -0.597. The third-order valence-corrected chi connectivity index (χ3v) is 6.51. The standard InChI is InChI=1S/C25H32ClFN4O5/c1-35-21-14-31(11-4-2-3-5-22(32)36-15-16-6-8-17(27)9-7-16)12-10-20(21)29-24(33)18-13-19(26)23(28)30-25(18)34/h6-9,13,20-21H,2-5,10-12,14-15H2,1H3,(H,29,33)(H3,28,30,34)/t20-,21+/m1/s1. The van der Waals surface area contributed by atoms with E-state index in [4.69, 9.17) is 26.8 Å². The van der Waals surface area contributed by atoms with E-state index in [1.54, 1.807) is 19.2 Å². The molecule has 1 aliphatic rings. The molecule has 1 aliphatic heterocycles. The zero-order valence-electron chi connectivity index (χ0n) is 20.2. The van der Waals surface area contributed by atoms with Crippen LogP contribution in [0.3, 0.4) is 0 Å². The van der Waals surface area contributed by atoms with Crippen molar-refractivity contribution in [1.82, 2.24) is 15.2 Å². The lowest BCUT2D eigenvalue weighted by atomic mass is 10.0. The fraction of sp³-hybridized carbons (Fsp3) is 0.480. The van der Waals surface area contributed by atoms with Crippen molar-refractivity contribution < 1.29 is 23.5 Å². The monoisotopic (exact) mass is 522 g/mol. The van der Waals surface area contributed by atoms with E-state index in [1.807, 2.05) is 0 Å². The predicted molar refractivity (Wildman–Crippen MR) is 134 cm³/mol. The van der Waals surface area contributed by atoms with Crippen molar-refractivity contribution in [3.05, 3.63) is 62.7 Å². The highest BCUT2D eigenvalue weighted by Crippen LogP contribution is 2.17. The fourth-order valence-corrected chi connectivity index (χ4v) is 4.28. The summed E-state index contributed by atoms with van der Waals surface area (Å²) in [6.45, 7) is 2.39. The summed E-state index contributed by atoms with van der Waals surface area (Å²) in [7, 11) is 1.60. The molecule has 2 heterocycles. The minimum Gasteiger partial charge on any atom is -0.461 e. The Morgan fingerprint density at radius 2 is 2.00 bits per heavy atom. The predicted octanol–water partition coefficient (Wildman–Crippen LogP) is 2.87. The third-order valence-electron chi connectivity index (χ3n) is 6.20. The van der Waals surface area contributed by atoms with Crippen LogP contribution in [-0.2, 0) is 20.9 Å². The lowest BCUT2D eigenvalue weighted by Crippen LogP contribution is -2.55. The maximum absolute atomic E-state index is 12.9. The van der Waals surface area contributed by atoms with Gasteiger partial charge >= 0.3 is 5.97 Å². The lowest BCUT2D eigenvalue weighted by molar-refractivity contribution is -0.145. The molecule has 196 valence electrons. The van der Waals surface area contributed by atoms with Crippen molar-refractivity contribution in [2.75, 3.05) is 32.5 Å². The molecule has 1 amide bonds. The second-order valence-corrected chi connectivity index (χ2v) is 9.22. The largest absolute Gasteiger partial charge is 0.461 e. The molecule has 0 unspecified atom stereocenters. The second kappa shape index (κ2) is 13.4. The number of esters is 1. The van der Waals surface area contributed by atoms with Gasteiger partial charge in [-0.05, 0) is 49.6 Å². The number of methoxy groups -OCH3 is 1. The van der Waals surface area contributed by atoms with Crippen LogP contribution in [0.1, 0.15) is 48.0 Å². The molecule has 9 nitrogen and oxygen atoms in total. The molecule has 11 heteroatoms. The first-order valence-corrected chi connectivity index (χ1v) is 12.3. The number of hydrogen-bond donors (Lipinski definition) is 3. The molecule has 1 aromatic carbocycles. The minimum absolute atomic E-state index is 0.0168. The summed E-state index contributed by atoms with van der Waals surface area (Å²) < 4.78 is 23.7. The van der Waals surface area contributed by atoms with E-state index in [1.165, 1.54) is 18.2 Å². The Morgan fingerprint density at radius 3 is 2.72 bits per heavy atom. The number of benzene rings is 1. The number of amides is 1. The molecule has 2 atom stereocenters. The quantitative estimate of drug-likeness (QED) is 0.306. The Hall–Kier alpha value is -2.95. The van der Waals surface area contributed by atoms with Gasteiger partial charge in [0.2, 0.25) is 0 Å². The summed E-state index contributed by atoms with van der Waals surface area (Å²) in [4.78, 5) is 41.2. The number of ether oxygens (including phenoxy) is 2. The summed E-state index contributed by atoms with van der Waals surface area (Å²) in [5.41, 5.74) is 5.63. The van der Waals surface area contributed by atoms with Gasteiger partial charge in [0.05, 0.1) is 17.2 Å². The van der Waals surface area contributed by atoms with Crippen LogP contribution in [0.4, 0.5) is 10.2 Å². The van der Waals surface area contributed by atoms with Crippen LogP contribution in [0.25, 0.3) is 0 Å². The van der Waals surface area contributed by atoms with Crippen molar-refractivity contribution in [1.29, 1.82) is 0 Å². The van der Waals surface area contributed by atoms with Gasteiger partial charge in [0, 0.05) is 26.6 Å². The summed E-state index contributed by atoms with van der Waals surface area (Å²) in [6, 6.07) is 6.89. The summed E-state index contributed by atoms with van der Waals surface area (Å²) in [6.07, 6.45) is 3.29. The second-order valence-electron chi connectivity index (χ2n) is 8.81. The zero-order valence-corrected chi connectivity index (χ0v) is 21.0. The van der Waals surface area contributed by atoms with Gasteiger partial charge in [0.15, 0.2) is 0 Å². The van der Waals surface area contributed by atoms with E-state index < -0.39 is 11.5 Å². The number of aromatic amines is 1. The summed E-state index contributed by atoms with van der Waals surface area (Å²) in [5, 5.41) is 2.99. The summed E-state index contributed by atoms with van der Waals surface area (Å²) >= 11 is 5.94. The van der Waals surface area contributed by atoms with Gasteiger partial charge in [-0.1, -0.05) is 30.2 Å². The number of piperidine rings is 1. The van der Waals surface area contributed by atoms with E-state index in [2.05, 4.69) is 15.2 Å². The van der Waals surface area contributed by atoms with Crippen LogP contribution in [0, 0.1) is 5.82 Å². The first kappa shape index (κ1) is 27.6. The SMILES string of the molecule is CO[C@H]1CN(CCCCCC(=O)OCc2ccc(F)cc2)CC[C@H]1NC(=O)c1cc(Cl)c(N)[nH]c1=O. The maximum Gasteiger partial charge on any atom is 0.306 e. The van der Waals surface area contributed by atoms with Gasteiger partial charge in [0.1, 0.15) is 23.8 Å². The van der Waals surface area contributed by atoms with Crippen LogP contribution in [0.5, 0.6) is 0 Å². The molecule has 4 N–H and O–H groups in total. The van der Waals surface area contributed by atoms with Crippen molar-refractivity contribution >= 4 is 29.3 Å². The first-order valence-electron chi connectivity index (χ1n) is 11.9. The van der Waals surface area contributed by atoms with Crippen LogP contribution < -0.4 is 16.6 Å². The highest BCUT2D eigenvalue weighted by Gasteiger charge is 2.31. The number of aromatic nitrogens is 1. The highest BCUT2D eigenvalue weighted by atomic mass is 35.5. The molecule has 3 rings (SSSR count). The van der Waals surface area contributed by atoms with E-state index in [-0.39, 0.29) is 46.9 Å². The first-order chi connectivity index (χ1) is 17.3. The van der Waals surface area contributed by atoms with Gasteiger partial charge in [-0.2, -0.15) is 0 Å². The number of likely N-dealkylation sites (tertiary alicyclic amines) is 1. The number of H-pyrrole nitrogens is 1. The van der Waals surface area contributed by atoms with Crippen molar-refractivity contribution in [2.45, 2.75) is 50.9 Å². The van der Waals surface area contributed by atoms with Crippen LogP contribution in [0.2, 0.25) is 5.02 Å². The molecule has 0 spiro atoms. The number of carbonyl (C=O) groups excluding carboxylic acids is 2. The average Bonchev–Trinajstić information content (AvgIpc) is 2.86. The molecule has 0 radical (unpaired) electrons. The molecule has 1 aromatic heterocycles. The smallest absolute Gasteiger partial charge is 0.306 e. The van der Waals surface area contributed by atoms with E-state index in [9.17, 15) is 18.8 Å². The summed E-state index contributed by atoms with van der Waals surface area (Å²) in [5.74, 6) is -1.10.